The van der Waals surface area contributed by atoms with Crippen LogP contribution in [0.15, 0.2) is 58.4 Å². The molecule has 2 aliphatic rings. The molecule has 1 heterocycles. The van der Waals surface area contributed by atoms with Crippen molar-refractivity contribution >= 4 is 40.6 Å². The second-order valence-electron chi connectivity index (χ2n) is 7.92. The Morgan fingerprint density at radius 3 is 2.39 bits per heavy atom. The molecule has 1 saturated heterocycles. The summed E-state index contributed by atoms with van der Waals surface area (Å²) >= 11 is 1.40. The van der Waals surface area contributed by atoms with Gasteiger partial charge >= 0.3 is 5.97 Å². The molecule has 0 spiro atoms. The first-order valence-corrected chi connectivity index (χ1v) is 11.6. The van der Waals surface area contributed by atoms with Crippen LogP contribution in [-0.4, -0.2) is 33.1 Å². The third kappa shape index (κ3) is 4.90. The molecule has 6 heteroatoms. The number of aryl methyl sites for hydroxylation is 1. The van der Waals surface area contributed by atoms with Gasteiger partial charge in [0.05, 0.1) is 16.2 Å². The van der Waals surface area contributed by atoms with Crippen LogP contribution in [0.1, 0.15) is 60.5 Å². The summed E-state index contributed by atoms with van der Waals surface area (Å²) in [4.78, 5) is 31.8. The molecule has 1 aliphatic carbocycles. The van der Waals surface area contributed by atoms with E-state index in [9.17, 15) is 9.59 Å². The number of carbonyl (C=O) groups is 2. The molecule has 5 nitrogen and oxygen atoms in total. The number of hydrogen-bond acceptors (Lipinski definition) is 4. The first-order chi connectivity index (χ1) is 15.0. The molecule has 2 fully saturated rings. The molecule has 1 saturated carbocycles. The third-order valence-electron chi connectivity index (χ3n) is 5.80. The molecule has 0 aromatic heterocycles. The van der Waals surface area contributed by atoms with Crippen molar-refractivity contribution in [3.63, 3.8) is 0 Å². The number of thioether (sulfide) groups is 1. The molecule has 0 unspecified atom stereocenters. The highest BCUT2D eigenvalue weighted by molar-refractivity contribution is 8.18. The molecule has 0 atom stereocenters. The van der Waals surface area contributed by atoms with Crippen molar-refractivity contribution < 1.29 is 14.7 Å². The molecule has 0 bridgehead atoms. The number of aliphatic imine (C=N–C) groups is 1. The summed E-state index contributed by atoms with van der Waals surface area (Å²) < 4.78 is 0. The summed E-state index contributed by atoms with van der Waals surface area (Å²) in [6.45, 7) is 2.12. The number of nitrogens with zero attached hydrogens (tertiary/aromatic N) is 2. The van der Waals surface area contributed by atoms with Crippen LogP contribution < -0.4 is 0 Å². The Morgan fingerprint density at radius 2 is 1.77 bits per heavy atom. The van der Waals surface area contributed by atoms with Crippen molar-refractivity contribution in [2.24, 2.45) is 4.99 Å². The predicted molar refractivity (Wildman–Crippen MR) is 126 cm³/mol. The fraction of sp³-hybridized carbons (Fsp3) is 0.320. The number of amides is 1. The Labute approximate surface area is 186 Å². The van der Waals surface area contributed by atoms with Crippen LogP contribution in [0.4, 0.5) is 5.69 Å². The Hall–Kier alpha value is -2.86. The smallest absolute Gasteiger partial charge is 0.335 e. The quantitative estimate of drug-likeness (QED) is 0.596. The van der Waals surface area contributed by atoms with Gasteiger partial charge in [-0.2, -0.15) is 0 Å². The van der Waals surface area contributed by atoms with Gasteiger partial charge in [0.15, 0.2) is 5.17 Å². The van der Waals surface area contributed by atoms with Gasteiger partial charge in [0.1, 0.15) is 0 Å². The SMILES string of the molecule is CCc1ccc(N=C2S/C(=C\c3ccc(C(=O)O)cc3)C(=O)N2C2CCCCC2)cc1. The summed E-state index contributed by atoms with van der Waals surface area (Å²) in [6.07, 6.45) is 8.29. The zero-order valence-corrected chi connectivity index (χ0v) is 18.4. The van der Waals surface area contributed by atoms with E-state index < -0.39 is 5.97 Å². The van der Waals surface area contributed by atoms with E-state index in [0.717, 1.165) is 48.5 Å². The number of benzene rings is 2. The fourth-order valence-corrected chi connectivity index (χ4v) is 5.07. The molecule has 160 valence electrons. The van der Waals surface area contributed by atoms with Gasteiger partial charge in [-0.1, -0.05) is 50.5 Å². The van der Waals surface area contributed by atoms with Crippen LogP contribution >= 0.6 is 11.8 Å². The van der Waals surface area contributed by atoms with Gasteiger partial charge in [0.25, 0.3) is 5.91 Å². The zero-order valence-electron chi connectivity index (χ0n) is 17.6. The number of hydrogen-bond donors (Lipinski definition) is 1. The summed E-state index contributed by atoms with van der Waals surface area (Å²) in [5.41, 5.74) is 3.14. The highest BCUT2D eigenvalue weighted by Gasteiger charge is 2.38. The first-order valence-electron chi connectivity index (χ1n) is 10.8. The van der Waals surface area contributed by atoms with Crippen molar-refractivity contribution in [1.29, 1.82) is 0 Å². The van der Waals surface area contributed by atoms with Crippen LogP contribution in [0.3, 0.4) is 0 Å². The number of aromatic carboxylic acids is 1. The van der Waals surface area contributed by atoms with E-state index in [0.29, 0.717) is 4.91 Å². The average Bonchev–Trinajstić information content (AvgIpc) is 3.09. The van der Waals surface area contributed by atoms with Crippen LogP contribution in [0.5, 0.6) is 0 Å². The molecule has 31 heavy (non-hydrogen) atoms. The summed E-state index contributed by atoms with van der Waals surface area (Å²) in [5.74, 6) is -0.972. The second kappa shape index (κ2) is 9.52. The number of carbonyl (C=O) groups excluding carboxylic acids is 1. The van der Waals surface area contributed by atoms with E-state index in [1.54, 1.807) is 24.3 Å². The molecule has 1 amide bonds. The topological polar surface area (TPSA) is 70.0 Å². The lowest BCUT2D eigenvalue weighted by Gasteiger charge is -2.30. The van der Waals surface area contributed by atoms with Gasteiger partial charge < -0.3 is 5.11 Å². The highest BCUT2D eigenvalue weighted by atomic mass is 32.2. The molecule has 4 rings (SSSR count). The van der Waals surface area contributed by atoms with E-state index in [4.69, 9.17) is 10.1 Å². The fourth-order valence-electron chi connectivity index (χ4n) is 4.02. The summed E-state index contributed by atoms with van der Waals surface area (Å²) in [7, 11) is 0. The molecule has 2 aromatic carbocycles. The van der Waals surface area contributed by atoms with Gasteiger partial charge in [0.2, 0.25) is 0 Å². The zero-order chi connectivity index (χ0) is 21.8. The lowest BCUT2D eigenvalue weighted by atomic mass is 9.94. The Bertz CT molecular complexity index is 1020. The largest absolute Gasteiger partial charge is 0.478 e. The van der Waals surface area contributed by atoms with Gasteiger partial charge in [-0.25, -0.2) is 9.79 Å². The maximum Gasteiger partial charge on any atom is 0.335 e. The lowest BCUT2D eigenvalue weighted by Crippen LogP contribution is -2.40. The van der Waals surface area contributed by atoms with E-state index in [1.165, 1.54) is 23.7 Å². The average molecular weight is 435 g/mol. The number of rotatable bonds is 5. The van der Waals surface area contributed by atoms with Crippen LogP contribution in [0.2, 0.25) is 0 Å². The number of carboxylic acids is 1. The molecule has 2 aromatic rings. The standard InChI is InChI=1S/C25H26N2O3S/c1-2-17-10-14-20(15-11-17)26-25-27(21-6-4-3-5-7-21)23(28)22(31-25)16-18-8-12-19(13-9-18)24(29)30/h8-16,21H,2-7H2,1H3,(H,29,30)/b22-16-,26-25?. The van der Waals surface area contributed by atoms with E-state index >= 15 is 0 Å². The second-order valence-corrected chi connectivity index (χ2v) is 8.93. The third-order valence-corrected chi connectivity index (χ3v) is 6.78. The first kappa shape index (κ1) is 21.4. The normalized spacial score (nSPS) is 20.0. The van der Waals surface area contributed by atoms with Crippen molar-refractivity contribution in [1.82, 2.24) is 4.90 Å². The van der Waals surface area contributed by atoms with Gasteiger partial charge in [-0.15, -0.1) is 0 Å². The maximum atomic E-state index is 13.3. The van der Waals surface area contributed by atoms with E-state index in [1.807, 2.05) is 23.1 Å². The number of carboxylic acid groups (broad SMARTS) is 1. The van der Waals surface area contributed by atoms with Crippen LogP contribution in [0, 0.1) is 0 Å². The molecule has 1 N–H and O–H groups in total. The molecular formula is C25H26N2O3S. The maximum absolute atomic E-state index is 13.3. The minimum absolute atomic E-state index is 0.0110. The Morgan fingerprint density at radius 1 is 1.10 bits per heavy atom. The highest BCUT2D eigenvalue weighted by Crippen LogP contribution is 2.38. The lowest BCUT2D eigenvalue weighted by molar-refractivity contribution is -0.124. The summed E-state index contributed by atoms with van der Waals surface area (Å²) in [5, 5.41) is 9.82. The minimum Gasteiger partial charge on any atom is -0.478 e. The number of amidine groups is 1. The van der Waals surface area contributed by atoms with Crippen LogP contribution in [0.25, 0.3) is 6.08 Å². The molecule has 0 radical (unpaired) electrons. The molecular weight excluding hydrogens is 408 g/mol. The predicted octanol–water partition coefficient (Wildman–Crippen LogP) is 5.88. The van der Waals surface area contributed by atoms with Gasteiger partial charge in [0, 0.05) is 6.04 Å². The Balaban J connectivity index is 1.65. The van der Waals surface area contributed by atoms with Crippen molar-refractivity contribution in [2.45, 2.75) is 51.5 Å². The van der Waals surface area contributed by atoms with Crippen molar-refractivity contribution in [3.8, 4) is 0 Å². The Kier molecular flexibility index (Phi) is 6.56. The van der Waals surface area contributed by atoms with E-state index in [2.05, 4.69) is 19.1 Å². The summed E-state index contributed by atoms with van der Waals surface area (Å²) in [6, 6.07) is 14.9. The minimum atomic E-state index is -0.961. The van der Waals surface area contributed by atoms with Gasteiger partial charge in [-0.05, 0) is 72.5 Å². The van der Waals surface area contributed by atoms with Crippen LogP contribution in [-0.2, 0) is 11.2 Å². The van der Waals surface area contributed by atoms with Crippen molar-refractivity contribution in [3.05, 3.63) is 70.1 Å². The monoisotopic (exact) mass is 434 g/mol. The van der Waals surface area contributed by atoms with Gasteiger partial charge in [-0.3, -0.25) is 9.69 Å². The molecule has 1 aliphatic heterocycles. The van der Waals surface area contributed by atoms with E-state index in [-0.39, 0.29) is 17.5 Å². The van der Waals surface area contributed by atoms with Crippen molar-refractivity contribution in [2.75, 3.05) is 0 Å².